The van der Waals surface area contributed by atoms with Crippen LogP contribution < -0.4 is 9.47 Å². The number of hydrogen-bond donors (Lipinski definition) is 0. The maximum atomic E-state index is 13.2. The van der Waals surface area contributed by atoms with Crippen LogP contribution in [0.4, 0.5) is 0 Å². The monoisotopic (exact) mass is 415 g/mol. The number of rotatable bonds is 7. The van der Waals surface area contributed by atoms with E-state index in [2.05, 4.69) is 0 Å². The van der Waals surface area contributed by atoms with Crippen LogP contribution in [0.3, 0.4) is 0 Å². The first-order valence-electron chi connectivity index (χ1n) is 8.04. The van der Waals surface area contributed by atoms with Gasteiger partial charge in [0.05, 0.1) is 29.2 Å². The predicted molar refractivity (Wildman–Crippen MR) is 102 cm³/mol. The highest BCUT2D eigenvalue weighted by atomic mass is 35.5. The Labute approximate surface area is 163 Å². The first-order chi connectivity index (χ1) is 12.4. The molecule has 0 unspecified atom stereocenters. The van der Waals surface area contributed by atoms with Crippen molar-refractivity contribution in [2.75, 3.05) is 14.2 Å². The zero-order valence-electron chi connectivity index (χ0n) is 14.4. The van der Waals surface area contributed by atoms with Crippen LogP contribution in [0.15, 0.2) is 41.3 Å². The van der Waals surface area contributed by atoms with E-state index in [4.69, 9.17) is 32.7 Å². The zero-order valence-corrected chi connectivity index (χ0v) is 16.7. The minimum Gasteiger partial charge on any atom is -0.497 e. The van der Waals surface area contributed by atoms with Crippen molar-refractivity contribution in [3.8, 4) is 11.5 Å². The van der Waals surface area contributed by atoms with Crippen molar-refractivity contribution in [2.24, 2.45) is 0 Å². The van der Waals surface area contributed by atoms with Crippen molar-refractivity contribution in [1.82, 2.24) is 4.31 Å². The molecule has 1 saturated carbocycles. The Kier molecular flexibility index (Phi) is 5.67. The molecule has 8 heteroatoms. The van der Waals surface area contributed by atoms with Crippen molar-refractivity contribution in [3.05, 3.63) is 52.0 Å². The molecule has 0 aliphatic heterocycles. The Hall–Kier alpha value is -1.47. The number of benzene rings is 2. The molecule has 26 heavy (non-hydrogen) atoms. The fraction of sp³-hybridized carbons (Fsp3) is 0.333. The molecule has 0 amide bonds. The molecule has 0 N–H and O–H groups in total. The molecule has 0 atom stereocenters. The van der Waals surface area contributed by atoms with E-state index in [-0.39, 0.29) is 22.5 Å². The third-order valence-electron chi connectivity index (χ3n) is 4.27. The number of nitrogens with zero attached hydrogens (tertiary/aromatic N) is 1. The average molecular weight is 416 g/mol. The van der Waals surface area contributed by atoms with Crippen molar-refractivity contribution >= 4 is 33.2 Å². The van der Waals surface area contributed by atoms with Gasteiger partial charge in [-0.15, -0.1) is 0 Å². The molecule has 0 spiro atoms. The summed E-state index contributed by atoms with van der Waals surface area (Å²) in [6, 6.07) is 9.65. The molecule has 2 aromatic carbocycles. The van der Waals surface area contributed by atoms with Gasteiger partial charge in [0.1, 0.15) is 11.5 Å². The Bertz CT molecular complexity index is 913. The van der Waals surface area contributed by atoms with E-state index in [9.17, 15) is 8.42 Å². The average Bonchev–Trinajstić information content (AvgIpc) is 3.46. The van der Waals surface area contributed by atoms with E-state index in [1.54, 1.807) is 32.4 Å². The van der Waals surface area contributed by atoms with Crippen LogP contribution in [0, 0.1) is 0 Å². The van der Waals surface area contributed by atoms with E-state index < -0.39 is 10.0 Å². The number of halogens is 2. The minimum absolute atomic E-state index is 0.0367. The molecule has 0 radical (unpaired) electrons. The molecular formula is C18H19Cl2NO4S. The molecule has 1 aliphatic rings. The lowest BCUT2D eigenvalue weighted by molar-refractivity contribution is 0.369. The lowest BCUT2D eigenvalue weighted by Crippen LogP contribution is -2.32. The number of ether oxygens (including phenoxy) is 2. The zero-order chi connectivity index (χ0) is 18.9. The Balaban J connectivity index is 1.98. The van der Waals surface area contributed by atoms with Gasteiger partial charge in [-0.3, -0.25) is 0 Å². The molecular weight excluding hydrogens is 397 g/mol. The summed E-state index contributed by atoms with van der Waals surface area (Å²) >= 11 is 11.9. The smallest absolute Gasteiger partial charge is 0.243 e. The molecule has 0 bridgehead atoms. The van der Waals surface area contributed by atoms with E-state index in [0.717, 1.165) is 18.4 Å². The first kappa shape index (κ1) is 19.3. The first-order valence-corrected chi connectivity index (χ1v) is 10.2. The van der Waals surface area contributed by atoms with E-state index in [0.29, 0.717) is 16.5 Å². The maximum Gasteiger partial charge on any atom is 0.243 e. The third-order valence-corrected chi connectivity index (χ3v) is 6.90. The fourth-order valence-corrected chi connectivity index (χ4v) is 4.77. The summed E-state index contributed by atoms with van der Waals surface area (Å²) in [7, 11) is -0.604. The standard InChI is InChI=1S/C18H19Cl2NO4S/c1-24-14-5-8-18(25-2)12(9-14)11-21(13-3-4-13)26(22,23)15-6-7-16(19)17(20)10-15/h5-10,13H,3-4,11H2,1-2H3. The largest absolute Gasteiger partial charge is 0.497 e. The summed E-state index contributed by atoms with van der Waals surface area (Å²) in [6.07, 6.45) is 1.65. The van der Waals surface area contributed by atoms with Crippen LogP contribution >= 0.6 is 23.2 Å². The van der Waals surface area contributed by atoms with Gasteiger partial charge >= 0.3 is 0 Å². The van der Waals surface area contributed by atoms with Crippen LogP contribution in [-0.4, -0.2) is 33.0 Å². The summed E-state index contributed by atoms with van der Waals surface area (Å²) in [6.45, 7) is 0.188. The van der Waals surface area contributed by atoms with Gasteiger partial charge in [-0.25, -0.2) is 8.42 Å². The highest BCUT2D eigenvalue weighted by Gasteiger charge is 2.38. The number of methoxy groups -OCH3 is 2. The Morgan fingerprint density at radius 3 is 2.35 bits per heavy atom. The molecule has 0 saturated heterocycles. The Morgan fingerprint density at radius 2 is 1.77 bits per heavy atom. The quantitative estimate of drug-likeness (QED) is 0.673. The molecule has 3 rings (SSSR count). The number of hydrogen-bond acceptors (Lipinski definition) is 4. The van der Waals surface area contributed by atoms with Crippen molar-refractivity contribution in [3.63, 3.8) is 0 Å². The summed E-state index contributed by atoms with van der Waals surface area (Å²) in [5.41, 5.74) is 0.738. The van der Waals surface area contributed by atoms with Crippen molar-refractivity contribution in [1.29, 1.82) is 0 Å². The molecule has 140 valence electrons. The van der Waals surface area contributed by atoms with Gasteiger partial charge in [0.15, 0.2) is 0 Å². The highest BCUT2D eigenvalue weighted by Crippen LogP contribution is 2.37. The fourth-order valence-electron chi connectivity index (χ4n) is 2.72. The normalized spacial score (nSPS) is 14.5. The predicted octanol–water partition coefficient (Wildman–Crippen LogP) is 4.36. The molecule has 5 nitrogen and oxygen atoms in total. The van der Waals surface area contributed by atoms with Gasteiger partial charge in [0.25, 0.3) is 0 Å². The minimum atomic E-state index is -3.73. The van der Waals surface area contributed by atoms with Crippen molar-refractivity contribution in [2.45, 2.75) is 30.3 Å². The molecule has 0 heterocycles. The molecule has 1 fully saturated rings. The van der Waals surface area contributed by atoms with E-state index >= 15 is 0 Å². The van der Waals surface area contributed by atoms with Gasteiger partial charge in [0.2, 0.25) is 10.0 Å². The third kappa shape index (κ3) is 3.93. The molecule has 2 aromatic rings. The maximum absolute atomic E-state index is 13.2. The second kappa shape index (κ2) is 7.64. The van der Waals surface area contributed by atoms with E-state index in [1.807, 2.05) is 0 Å². The van der Waals surface area contributed by atoms with E-state index in [1.165, 1.54) is 22.5 Å². The second-order valence-electron chi connectivity index (χ2n) is 6.04. The molecule has 1 aliphatic carbocycles. The van der Waals surface area contributed by atoms with Crippen molar-refractivity contribution < 1.29 is 17.9 Å². The van der Waals surface area contributed by atoms with Crippen LogP contribution in [0.1, 0.15) is 18.4 Å². The van der Waals surface area contributed by atoms with Gasteiger partial charge in [-0.05, 0) is 49.2 Å². The summed E-state index contributed by atoms with van der Waals surface area (Å²) in [5, 5.41) is 0.528. The van der Waals surface area contributed by atoms with Crippen LogP contribution in [0.2, 0.25) is 10.0 Å². The van der Waals surface area contributed by atoms with Crippen LogP contribution in [0.25, 0.3) is 0 Å². The second-order valence-corrected chi connectivity index (χ2v) is 8.74. The van der Waals surface area contributed by atoms with Crippen LogP contribution in [-0.2, 0) is 16.6 Å². The summed E-state index contributed by atoms with van der Waals surface area (Å²) in [5.74, 6) is 1.25. The Morgan fingerprint density at radius 1 is 1.04 bits per heavy atom. The lowest BCUT2D eigenvalue weighted by Gasteiger charge is -2.23. The van der Waals surface area contributed by atoms with Gasteiger partial charge in [-0.2, -0.15) is 4.31 Å². The SMILES string of the molecule is COc1ccc(OC)c(CN(C2CC2)S(=O)(=O)c2ccc(Cl)c(Cl)c2)c1. The van der Waals surface area contributed by atoms with Gasteiger partial charge in [-0.1, -0.05) is 23.2 Å². The summed E-state index contributed by atoms with van der Waals surface area (Å²) in [4.78, 5) is 0.126. The van der Waals surface area contributed by atoms with Gasteiger partial charge < -0.3 is 9.47 Å². The topological polar surface area (TPSA) is 55.8 Å². The van der Waals surface area contributed by atoms with Crippen LogP contribution in [0.5, 0.6) is 11.5 Å². The summed E-state index contributed by atoms with van der Waals surface area (Å²) < 4.78 is 38.5. The lowest BCUT2D eigenvalue weighted by atomic mass is 10.2. The van der Waals surface area contributed by atoms with Gasteiger partial charge in [0, 0.05) is 18.2 Å². The molecule has 0 aromatic heterocycles. The number of sulfonamides is 1. The highest BCUT2D eigenvalue weighted by molar-refractivity contribution is 7.89.